The van der Waals surface area contributed by atoms with Gasteiger partial charge in [0.1, 0.15) is 5.69 Å². The lowest BCUT2D eigenvalue weighted by molar-refractivity contribution is -0.118. The van der Waals surface area contributed by atoms with Gasteiger partial charge in [0.2, 0.25) is 0 Å². The Bertz CT molecular complexity index is 943. The van der Waals surface area contributed by atoms with Gasteiger partial charge in [0.05, 0.1) is 5.41 Å². The van der Waals surface area contributed by atoms with Crippen LogP contribution < -0.4 is 5.32 Å². The van der Waals surface area contributed by atoms with Crippen molar-refractivity contribution in [3.8, 4) is 12.3 Å². The molecule has 4 heteroatoms. The first kappa shape index (κ1) is 15.7. The molecule has 4 rings (SSSR count). The molecule has 2 aromatic rings. The number of H-pyrrole nitrogens is 1. The molecule has 0 amide bonds. The normalized spacial score (nSPS) is 24.2. The summed E-state index contributed by atoms with van der Waals surface area (Å²) >= 11 is 0. The summed E-state index contributed by atoms with van der Waals surface area (Å²) in [5, 5.41) is 10.7. The number of Topliss-reactive ketones (excluding diaryl/α,β-unsaturated/α-hetero) is 1. The number of aromatic amines is 1. The number of carbonyl (C=O) groups is 1. The number of benzene rings is 1. The van der Waals surface area contributed by atoms with Crippen LogP contribution >= 0.6 is 0 Å². The molecule has 0 spiro atoms. The van der Waals surface area contributed by atoms with Crippen LogP contribution in [0.5, 0.6) is 0 Å². The standard InChI is InChI=1S/C21H21N3O/c1-5-14-18-19(24-23-14)22-15-11-20(2,3)12-16(25)17(15)21(18,4)13-9-7-6-8-10-13/h1,6-10H,11-12H2,2-4H3,(H2,22,23,24). The van der Waals surface area contributed by atoms with E-state index in [1.54, 1.807) is 0 Å². The molecular weight excluding hydrogens is 310 g/mol. The van der Waals surface area contributed by atoms with Gasteiger partial charge in [-0.25, -0.2) is 0 Å². The number of ketones is 1. The number of rotatable bonds is 1. The minimum atomic E-state index is -0.612. The maximum Gasteiger partial charge on any atom is 0.162 e. The van der Waals surface area contributed by atoms with Crippen LogP contribution in [0.15, 0.2) is 41.6 Å². The second-order valence-electron chi connectivity index (χ2n) is 7.88. The molecule has 0 saturated carbocycles. The second kappa shape index (κ2) is 5.10. The average molecular weight is 331 g/mol. The van der Waals surface area contributed by atoms with Crippen molar-refractivity contribution in [2.24, 2.45) is 5.41 Å². The topological polar surface area (TPSA) is 57.8 Å². The molecule has 2 heterocycles. The Morgan fingerprint density at radius 1 is 1.16 bits per heavy atom. The van der Waals surface area contributed by atoms with Crippen molar-refractivity contribution in [3.05, 3.63) is 58.4 Å². The summed E-state index contributed by atoms with van der Waals surface area (Å²) in [6, 6.07) is 10.1. The molecule has 4 nitrogen and oxygen atoms in total. The van der Waals surface area contributed by atoms with E-state index in [-0.39, 0.29) is 11.2 Å². The monoisotopic (exact) mass is 331 g/mol. The van der Waals surface area contributed by atoms with Crippen molar-refractivity contribution in [1.82, 2.24) is 10.2 Å². The van der Waals surface area contributed by atoms with E-state index >= 15 is 0 Å². The molecule has 2 N–H and O–H groups in total. The van der Waals surface area contributed by atoms with E-state index in [1.165, 1.54) is 0 Å². The molecule has 0 fully saturated rings. The van der Waals surface area contributed by atoms with Gasteiger partial charge < -0.3 is 5.32 Å². The Labute approximate surface area is 147 Å². The summed E-state index contributed by atoms with van der Waals surface area (Å²) in [7, 11) is 0. The Kier molecular flexibility index (Phi) is 3.20. The van der Waals surface area contributed by atoms with Gasteiger partial charge >= 0.3 is 0 Å². The molecule has 1 atom stereocenters. The fourth-order valence-corrected chi connectivity index (χ4v) is 4.36. The van der Waals surface area contributed by atoms with E-state index in [0.29, 0.717) is 12.1 Å². The Morgan fingerprint density at radius 2 is 1.88 bits per heavy atom. The number of carbonyl (C=O) groups excluding carboxylic acids is 1. The van der Waals surface area contributed by atoms with Crippen molar-refractivity contribution in [1.29, 1.82) is 0 Å². The number of nitrogens with zero attached hydrogens (tertiary/aromatic N) is 1. The predicted molar refractivity (Wildman–Crippen MR) is 98.1 cm³/mol. The lowest BCUT2D eigenvalue weighted by atomic mass is 9.61. The quantitative estimate of drug-likeness (QED) is 0.782. The Hall–Kier alpha value is -2.80. The zero-order valence-corrected chi connectivity index (χ0v) is 14.7. The summed E-state index contributed by atoms with van der Waals surface area (Å²) in [5.74, 6) is 3.60. The van der Waals surface area contributed by atoms with Gasteiger partial charge in [-0.3, -0.25) is 9.89 Å². The smallest absolute Gasteiger partial charge is 0.162 e. The Balaban J connectivity index is 2.04. The molecule has 1 aromatic carbocycles. The molecule has 1 aliphatic carbocycles. The molecule has 1 aliphatic heterocycles. The lowest BCUT2D eigenvalue weighted by Crippen LogP contribution is -2.42. The number of nitrogens with one attached hydrogen (secondary N) is 2. The van der Waals surface area contributed by atoms with Gasteiger partial charge in [0, 0.05) is 23.3 Å². The zero-order chi connectivity index (χ0) is 17.8. The van der Waals surface area contributed by atoms with Crippen LogP contribution in [-0.4, -0.2) is 16.0 Å². The van der Waals surface area contributed by atoms with Crippen LogP contribution in [0, 0.1) is 17.8 Å². The van der Waals surface area contributed by atoms with E-state index in [9.17, 15) is 4.79 Å². The average Bonchev–Trinajstić information content (AvgIpc) is 2.97. The van der Waals surface area contributed by atoms with Crippen LogP contribution in [0.3, 0.4) is 0 Å². The minimum Gasteiger partial charge on any atom is -0.342 e. The predicted octanol–water partition coefficient (Wildman–Crippen LogP) is 3.77. The molecule has 2 aliphatic rings. The highest BCUT2D eigenvalue weighted by molar-refractivity contribution is 6.03. The minimum absolute atomic E-state index is 0.0662. The van der Waals surface area contributed by atoms with Crippen LogP contribution in [-0.2, 0) is 10.2 Å². The first-order valence-electron chi connectivity index (χ1n) is 8.51. The van der Waals surface area contributed by atoms with Crippen molar-refractivity contribution < 1.29 is 4.79 Å². The third-order valence-electron chi connectivity index (χ3n) is 5.41. The third kappa shape index (κ3) is 2.16. The molecule has 0 radical (unpaired) electrons. The van der Waals surface area contributed by atoms with E-state index in [0.717, 1.165) is 34.6 Å². The number of allylic oxidation sites excluding steroid dienone is 2. The van der Waals surface area contributed by atoms with E-state index in [1.807, 2.05) is 18.2 Å². The number of anilines is 1. The third-order valence-corrected chi connectivity index (χ3v) is 5.41. The highest BCUT2D eigenvalue weighted by Crippen LogP contribution is 2.52. The Morgan fingerprint density at radius 3 is 2.56 bits per heavy atom. The molecule has 0 saturated heterocycles. The molecule has 1 aromatic heterocycles. The largest absolute Gasteiger partial charge is 0.342 e. The number of fused-ring (bicyclic) bond motifs is 1. The van der Waals surface area contributed by atoms with Gasteiger partial charge in [0.25, 0.3) is 0 Å². The van der Waals surface area contributed by atoms with Gasteiger partial charge in [-0.05, 0) is 24.3 Å². The second-order valence-corrected chi connectivity index (χ2v) is 7.88. The van der Waals surface area contributed by atoms with Crippen molar-refractivity contribution in [2.45, 2.75) is 39.0 Å². The van der Waals surface area contributed by atoms with Crippen molar-refractivity contribution >= 4 is 11.6 Å². The van der Waals surface area contributed by atoms with Gasteiger partial charge in [0.15, 0.2) is 11.6 Å². The molecule has 1 unspecified atom stereocenters. The first-order valence-corrected chi connectivity index (χ1v) is 8.51. The summed E-state index contributed by atoms with van der Waals surface area (Å²) < 4.78 is 0. The summed E-state index contributed by atoms with van der Waals surface area (Å²) in [6.45, 7) is 6.34. The van der Waals surface area contributed by atoms with Gasteiger partial charge in [-0.1, -0.05) is 50.1 Å². The fraction of sp³-hybridized carbons (Fsp3) is 0.333. The van der Waals surface area contributed by atoms with Crippen LogP contribution in [0.2, 0.25) is 0 Å². The number of aromatic nitrogens is 2. The maximum atomic E-state index is 13.2. The van der Waals surface area contributed by atoms with Crippen LogP contribution in [0.4, 0.5) is 5.82 Å². The van der Waals surface area contributed by atoms with Crippen LogP contribution in [0.25, 0.3) is 0 Å². The van der Waals surface area contributed by atoms with Gasteiger partial charge in [-0.15, -0.1) is 6.42 Å². The lowest BCUT2D eigenvalue weighted by Gasteiger charge is -2.43. The van der Waals surface area contributed by atoms with Crippen molar-refractivity contribution in [2.75, 3.05) is 5.32 Å². The molecule has 25 heavy (non-hydrogen) atoms. The number of hydrogen-bond acceptors (Lipinski definition) is 3. The first-order chi connectivity index (χ1) is 11.9. The fourth-order valence-electron chi connectivity index (χ4n) is 4.36. The summed E-state index contributed by atoms with van der Waals surface area (Å²) in [4.78, 5) is 13.2. The van der Waals surface area contributed by atoms with E-state index in [4.69, 9.17) is 6.42 Å². The number of hydrogen-bond donors (Lipinski definition) is 2. The molecular formula is C21H21N3O. The zero-order valence-electron chi connectivity index (χ0n) is 14.7. The summed E-state index contributed by atoms with van der Waals surface area (Å²) in [5.41, 5.74) is 3.67. The van der Waals surface area contributed by atoms with E-state index in [2.05, 4.69) is 54.3 Å². The molecule has 126 valence electrons. The van der Waals surface area contributed by atoms with Crippen LogP contribution in [0.1, 0.15) is 50.4 Å². The highest BCUT2D eigenvalue weighted by Gasteiger charge is 2.49. The summed E-state index contributed by atoms with van der Waals surface area (Å²) in [6.07, 6.45) is 7.06. The van der Waals surface area contributed by atoms with Crippen molar-refractivity contribution in [3.63, 3.8) is 0 Å². The van der Waals surface area contributed by atoms with Gasteiger partial charge in [-0.2, -0.15) is 5.10 Å². The molecule has 0 bridgehead atoms. The van der Waals surface area contributed by atoms with E-state index < -0.39 is 5.41 Å². The highest BCUT2D eigenvalue weighted by atomic mass is 16.1. The number of terminal acetylenes is 1. The maximum absolute atomic E-state index is 13.2. The SMILES string of the molecule is C#Cc1[nH]nc2c1C(C)(c1ccccc1)C1=C(CC(C)(C)CC1=O)N2.